The van der Waals surface area contributed by atoms with E-state index in [9.17, 15) is 4.79 Å². The molecule has 1 atom stereocenters. The zero-order chi connectivity index (χ0) is 14.7. The topological polar surface area (TPSA) is 41.1 Å². The Kier molecular flexibility index (Phi) is 4.59. The number of fused-ring (bicyclic) bond motifs is 1. The monoisotopic (exact) mass is 286 g/mol. The van der Waals surface area contributed by atoms with Gasteiger partial charge in [-0.25, -0.2) is 0 Å². The molecule has 21 heavy (non-hydrogen) atoms. The molecule has 0 spiro atoms. The lowest BCUT2D eigenvalue weighted by Crippen LogP contribution is -2.42. The zero-order valence-corrected chi connectivity index (χ0v) is 12.9. The van der Waals surface area contributed by atoms with Crippen LogP contribution in [0.15, 0.2) is 24.3 Å². The van der Waals surface area contributed by atoms with Crippen LogP contribution in [0.2, 0.25) is 0 Å². The fraction of sp³-hybridized carbons (Fsp3) is 0.611. The number of carbonyl (C=O) groups excluding carboxylic acids is 1. The molecule has 0 saturated heterocycles. The maximum Gasteiger partial charge on any atom is 0.217 e. The van der Waals surface area contributed by atoms with Crippen molar-refractivity contribution in [3.63, 3.8) is 0 Å². The van der Waals surface area contributed by atoms with Gasteiger partial charge in [0.25, 0.3) is 0 Å². The third kappa shape index (κ3) is 3.65. The lowest BCUT2D eigenvalue weighted by molar-refractivity contribution is -0.119. The number of carbonyl (C=O) groups is 1. The van der Waals surface area contributed by atoms with Crippen molar-refractivity contribution in [2.45, 2.75) is 63.5 Å². The highest BCUT2D eigenvalue weighted by atomic mass is 16.1. The minimum atomic E-state index is 0.106. The fourth-order valence-electron chi connectivity index (χ4n) is 3.90. The van der Waals surface area contributed by atoms with Gasteiger partial charge >= 0.3 is 0 Å². The molecule has 2 aliphatic carbocycles. The van der Waals surface area contributed by atoms with Crippen LogP contribution >= 0.6 is 0 Å². The van der Waals surface area contributed by atoms with Crippen LogP contribution in [0.5, 0.6) is 0 Å². The van der Waals surface area contributed by atoms with Crippen molar-refractivity contribution in [1.82, 2.24) is 10.6 Å². The summed E-state index contributed by atoms with van der Waals surface area (Å²) >= 11 is 0. The van der Waals surface area contributed by atoms with E-state index in [-0.39, 0.29) is 5.91 Å². The number of hydrogen-bond donors (Lipinski definition) is 2. The summed E-state index contributed by atoms with van der Waals surface area (Å²) < 4.78 is 0. The normalized spacial score (nSPS) is 28.1. The molecule has 3 nitrogen and oxygen atoms in total. The Morgan fingerprint density at radius 3 is 2.57 bits per heavy atom. The van der Waals surface area contributed by atoms with Crippen molar-refractivity contribution in [1.29, 1.82) is 0 Å². The fourth-order valence-corrected chi connectivity index (χ4v) is 3.90. The average molecular weight is 286 g/mol. The molecule has 3 rings (SSSR count). The van der Waals surface area contributed by atoms with E-state index in [1.54, 1.807) is 18.1 Å². The van der Waals surface area contributed by atoms with Crippen LogP contribution in [0.25, 0.3) is 0 Å². The highest BCUT2D eigenvalue weighted by Crippen LogP contribution is 2.32. The van der Waals surface area contributed by atoms with Gasteiger partial charge in [0, 0.05) is 25.6 Å². The number of hydrogen-bond acceptors (Lipinski definition) is 2. The summed E-state index contributed by atoms with van der Waals surface area (Å²) in [7, 11) is 0. The number of amides is 1. The van der Waals surface area contributed by atoms with Gasteiger partial charge in [-0.2, -0.15) is 0 Å². The van der Waals surface area contributed by atoms with E-state index < -0.39 is 0 Å². The second kappa shape index (κ2) is 6.61. The van der Waals surface area contributed by atoms with Crippen molar-refractivity contribution in [3.8, 4) is 0 Å². The van der Waals surface area contributed by atoms with Crippen molar-refractivity contribution in [3.05, 3.63) is 35.4 Å². The van der Waals surface area contributed by atoms with Crippen LogP contribution in [0.3, 0.4) is 0 Å². The summed E-state index contributed by atoms with van der Waals surface area (Å²) in [4.78, 5) is 11.1. The number of nitrogens with one attached hydrogen (secondary N) is 2. The van der Waals surface area contributed by atoms with Crippen LogP contribution in [-0.2, 0) is 11.2 Å². The molecule has 0 aliphatic heterocycles. The summed E-state index contributed by atoms with van der Waals surface area (Å²) in [6.07, 6.45) is 7.10. The second-order valence-electron chi connectivity index (χ2n) is 6.59. The van der Waals surface area contributed by atoms with E-state index in [0.717, 1.165) is 19.4 Å². The molecule has 0 bridgehead atoms. The third-order valence-corrected chi connectivity index (χ3v) is 5.04. The predicted molar refractivity (Wildman–Crippen MR) is 85.4 cm³/mol. The molecular formula is C18H26N2O. The molecule has 2 aliphatic rings. The van der Waals surface area contributed by atoms with Crippen LogP contribution in [0, 0.1) is 0 Å². The molecule has 0 heterocycles. The Labute approximate surface area is 127 Å². The summed E-state index contributed by atoms with van der Waals surface area (Å²) in [5, 5.41) is 6.81. The highest BCUT2D eigenvalue weighted by molar-refractivity contribution is 5.73. The lowest BCUT2D eigenvalue weighted by Gasteiger charge is -2.30. The largest absolute Gasteiger partial charge is 0.354 e. The minimum absolute atomic E-state index is 0.106. The number of rotatable bonds is 4. The Morgan fingerprint density at radius 1 is 1.10 bits per heavy atom. The highest BCUT2D eigenvalue weighted by Gasteiger charge is 2.25. The third-order valence-electron chi connectivity index (χ3n) is 5.04. The SMILES string of the molecule is CC(=O)NC1CCC(NC[C@H]2CCc3ccccc32)CC1. The Hall–Kier alpha value is -1.35. The first kappa shape index (κ1) is 14.6. The molecule has 0 unspecified atom stereocenters. The zero-order valence-electron chi connectivity index (χ0n) is 12.9. The Morgan fingerprint density at radius 2 is 1.81 bits per heavy atom. The molecule has 1 amide bonds. The second-order valence-corrected chi connectivity index (χ2v) is 6.59. The summed E-state index contributed by atoms with van der Waals surface area (Å²) in [6, 6.07) is 9.90. The van der Waals surface area contributed by atoms with Gasteiger partial charge in [-0.15, -0.1) is 0 Å². The van der Waals surface area contributed by atoms with Crippen molar-refractivity contribution < 1.29 is 4.79 Å². The average Bonchev–Trinajstić information content (AvgIpc) is 2.89. The maximum atomic E-state index is 11.1. The predicted octanol–water partition coefficient (Wildman–Crippen LogP) is 2.75. The van der Waals surface area contributed by atoms with Gasteiger partial charge in [-0.1, -0.05) is 24.3 Å². The minimum Gasteiger partial charge on any atom is -0.354 e. The van der Waals surface area contributed by atoms with Crippen molar-refractivity contribution in [2.24, 2.45) is 0 Å². The Balaban J connectivity index is 1.44. The first-order valence-corrected chi connectivity index (χ1v) is 8.30. The van der Waals surface area contributed by atoms with Gasteiger partial charge in [0.15, 0.2) is 0 Å². The van der Waals surface area contributed by atoms with Crippen LogP contribution < -0.4 is 10.6 Å². The Bertz CT molecular complexity index is 492. The number of aryl methyl sites for hydroxylation is 1. The summed E-state index contributed by atoms with van der Waals surface area (Å²) in [5.74, 6) is 0.795. The summed E-state index contributed by atoms with van der Waals surface area (Å²) in [5.41, 5.74) is 3.09. The molecule has 3 heteroatoms. The quantitative estimate of drug-likeness (QED) is 0.893. The lowest BCUT2D eigenvalue weighted by atomic mass is 9.90. The smallest absolute Gasteiger partial charge is 0.217 e. The maximum absolute atomic E-state index is 11.1. The van der Waals surface area contributed by atoms with Crippen molar-refractivity contribution in [2.75, 3.05) is 6.54 Å². The van der Waals surface area contributed by atoms with Crippen LogP contribution in [-0.4, -0.2) is 24.5 Å². The van der Waals surface area contributed by atoms with Gasteiger partial charge in [0.1, 0.15) is 0 Å². The number of benzene rings is 1. The first-order valence-electron chi connectivity index (χ1n) is 8.30. The van der Waals surface area contributed by atoms with Gasteiger partial charge in [0.2, 0.25) is 5.91 Å². The molecule has 1 saturated carbocycles. The van der Waals surface area contributed by atoms with Gasteiger partial charge in [-0.05, 0) is 55.6 Å². The van der Waals surface area contributed by atoms with Gasteiger partial charge < -0.3 is 10.6 Å². The van der Waals surface area contributed by atoms with E-state index in [2.05, 4.69) is 34.9 Å². The van der Waals surface area contributed by atoms with Gasteiger partial charge in [0.05, 0.1) is 0 Å². The van der Waals surface area contributed by atoms with E-state index in [0.29, 0.717) is 18.0 Å². The van der Waals surface area contributed by atoms with Crippen LogP contribution in [0.1, 0.15) is 56.1 Å². The van der Waals surface area contributed by atoms with E-state index in [4.69, 9.17) is 0 Å². The van der Waals surface area contributed by atoms with Crippen LogP contribution in [0.4, 0.5) is 0 Å². The van der Waals surface area contributed by atoms with E-state index in [1.165, 1.54) is 25.7 Å². The molecule has 0 aromatic heterocycles. The van der Waals surface area contributed by atoms with Gasteiger partial charge in [-0.3, -0.25) is 4.79 Å². The summed E-state index contributed by atoms with van der Waals surface area (Å²) in [6.45, 7) is 2.72. The molecule has 114 valence electrons. The molecule has 1 aromatic carbocycles. The van der Waals surface area contributed by atoms with E-state index >= 15 is 0 Å². The molecule has 0 radical (unpaired) electrons. The molecular weight excluding hydrogens is 260 g/mol. The standard InChI is InChI=1S/C18H26N2O/c1-13(21)20-17-10-8-16(9-11-17)19-12-15-7-6-14-4-2-3-5-18(14)15/h2-5,15-17,19H,6-12H2,1H3,(H,20,21)/t15-,16?,17?/m1/s1. The van der Waals surface area contributed by atoms with E-state index in [1.807, 2.05) is 0 Å². The molecule has 1 fully saturated rings. The molecule has 2 N–H and O–H groups in total. The first-order chi connectivity index (χ1) is 10.2. The van der Waals surface area contributed by atoms with Crippen molar-refractivity contribution >= 4 is 5.91 Å². The molecule has 1 aromatic rings.